The third-order valence-corrected chi connectivity index (χ3v) is 7.08. The van der Waals surface area contributed by atoms with Crippen LogP contribution in [0.25, 0.3) is 0 Å². The first kappa shape index (κ1) is 24.5. The van der Waals surface area contributed by atoms with Crippen LogP contribution in [0.4, 0.5) is 0 Å². The van der Waals surface area contributed by atoms with E-state index in [1.54, 1.807) is 6.92 Å². The zero-order valence-corrected chi connectivity index (χ0v) is 19.5. The zero-order valence-electron chi connectivity index (χ0n) is 18.6. The van der Waals surface area contributed by atoms with E-state index in [0.717, 1.165) is 11.1 Å². The van der Waals surface area contributed by atoms with Gasteiger partial charge in [-0.25, -0.2) is 0 Å². The van der Waals surface area contributed by atoms with E-state index in [1.165, 1.54) is 6.92 Å². The summed E-state index contributed by atoms with van der Waals surface area (Å²) in [5, 5.41) is 17.9. The van der Waals surface area contributed by atoms with Crippen molar-refractivity contribution in [3.63, 3.8) is 0 Å². The van der Waals surface area contributed by atoms with Crippen molar-refractivity contribution in [3.8, 4) is 0 Å². The zero-order chi connectivity index (χ0) is 23.8. The lowest BCUT2D eigenvalue weighted by Crippen LogP contribution is -2.47. The highest BCUT2D eigenvalue weighted by Gasteiger charge is 2.41. The molecule has 0 saturated carbocycles. The van der Waals surface area contributed by atoms with Crippen LogP contribution in [-0.4, -0.2) is 34.8 Å². The number of rotatable bonds is 11. The van der Waals surface area contributed by atoms with Gasteiger partial charge in [-0.1, -0.05) is 90.1 Å². The molecule has 4 atom stereocenters. The maximum absolute atomic E-state index is 13.5. The largest absolute Gasteiger partial charge is 0.480 e. The first-order valence-electron chi connectivity index (χ1n) is 10.8. The Hall–Kier alpha value is -3.12. The van der Waals surface area contributed by atoms with Crippen LogP contribution in [0.3, 0.4) is 0 Å². The molecule has 7 nitrogen and oxygen atoms in total. The number of carbonyl (C=O) groups is 2. The van der Waals surface area contributed by atoms with E-state index in [1.807, 2.05) is 85.0 Å². The van der Waals surface area contributed by atoms with Crippen LogP contribution in [0.1, 0.15) is 31.0 Å². The standard InChI is InChI=1S/C25H28N3O4P/c1-17(23(29)26-18(2)25(30)31)28-33(32)24(21-15-9-10-16-21)27-22(19-11-5-3-6-12-19)20-13-7-4-8-14-20/h3-18,21-22,24,27H,1-2H3,(H2-,26,28,29,30,31,32)/p+1/t17-,18-,24?/m0/s1. The number of allylic oxidation sites excluding steroid dienone is 2. The Morgan fingerprint density at radius 2 is 1.39 bits per heavy atom. The summed E-state index contributed by atoms with van der Waals surface area (Å²) in [6.07, 6.45) is 7.76. The number of hydrogen-bond donors (Lipinski definition) is 4. The predicted octanol–water partition coefficient (Wildman–Crippen LogP) is 3.74. The number of benzene rings is 2. The van der Waals surface area contributed by atoms with Gasteiger partial charge in [0, 0.05) is 0 Å². The molecule has 0 spiro atoms. The molecular weight excluding hydrogens is 437 g/mol. The molecule has 33 heavy (non-hydrogen) atoms. The molecule has 0 saturated heterocycles. The van der Waals surface area contributed by atoms with Gasteiger partial charge in [-0.05, 0) is 29.5 Å². The van der Waals surface area contributed by atoms with Crippen LogP contribution in [-0.2, 0) is 14.2 Å². The van der Waals surface area contributed by atoms with Gasteiger partial charge < -0.3 is 10.4 Å². The second-order valence-electron chi connectivity index (χ2n) is 7.96. The minimum Gasteiger partial charge on any atom is -0.480 e. The topological polar surface area (TPSA) is 108 Å². The van der Waals surface area contributed by atoms with Crippen molar-refractivity contribution in [1.82, 2.24) is 15.7 Å². The van der Waals surface area contributed by atoms with Crippen LogP contribution in [0.5, 0.6) is 0 Å². The van der Waals surface area contributed by atoms with Crippen LogP contribution in [0.2, 0.25) is 0 Å². The van der Waals surface area contributed by atoms with Crippen LogP contribution >= 0.6 is 7.95 Å². The lowest BCUT2D eigenvalue weighted by atomic mass is 9.98. The molecule has 2 aromatic carbocycles. The number of amides is 1. The van der Waals surface area contributed by atoms with E-state index in [4.69, 9.17) is 5.11 Å². The fraction of sp³-hybridized carbons (Fsp3) is 0.280. The number of hydrogen-bond acceptors (Lipinski definition) is 4. The monoisotopic (exact) mass is 466 g/mol. The molecular formula is C25H29N3O4P+. The molecule has 0 aliphatic heterocycles. The lowest BCUT2D eigenvalue weighted by molar-refractivity contribution is -0.141. The molecule has 3 rings (SSSR count). The van der Waals surface area contributed by atoms with Gasteiger partial charge in [0.05, 0.1) is 12.0 Å². The molecule has 4 N–H and O–H groups in total. The molecule has 1 aliphatic carbocycles. The van der Waals surface area contributed by atoms with Crippen LogP contribution in [0, 0.1) is 5.92 Å². The molecule has 0 heterocycles. The van der Waals surface area contributed by atoms with Crippen molar-refractivity contribution in [1.29, 1.82) is 0 Å². The molecule has 2 unspecified atom stereocenters. The summed E-state index contributed by atoms with van der Waals surface area (Å²) in [5.74, 6) is -2.29. The van der Waals surface area contributed by atoms with E-state index in [2.05, 4.69) is 15.7 Å². The van der Waals surface area contributed by atoms with Gasteiger partial charge in [0.2, 0.25) is 11.7 Å². The Labute approximate surface area is 194 Å². The first-order chi connectivity index (χ1) is 15.9. The summed E-state index contributed by atoms with van der Waals surface area (Å²) >= 11 is 0. The Morgan fingerprint density at radius 1 is 0.879 bits per heavy atom. The smallest absolute Gasteiger partial charge is 0.452 e. The van der Waals surface area contributed by atoms with Gasteiger partial charge in [-0.3, -0.25) is 14.9 Å². The summed E-state index contributed by atoms with van der Waals surface area (Å²) in [4.78, 5) is 23.4. The van der Waals surface area contributed by atoms with Gasteiger partial charge in [0.15, 0.2) is 0 Å². The fourth-order valence-corrected chi connectivity index (χ4v) is 5.03. The average Bonchev–Trinajstić information content (AvgIpc) is 3.35. The fourth-order valence-electron chi connectivity index (χ4n) is 3.57. The molecule has 0 aromatic heterocycles. The van der Waals surface area contributed by atoms with Crippen molar-refractivity contribution in [2.75, 3.05) is 0 Å². The second-order valence-corrected chi connectivity index (χ2v) is 9.42. The number of carboxylic acid groups (broad SMARTS) is 1. The summed E-state index contributed by atoms with van der Waals surface area (Å²) in [5.41, 5.74) is 2.06. The van der Waals surface area contributed by atoms with Gasteiger partial charge in [0.25, 0.3) is 0 Å². The summed E-state index contributed by atoms with van der Waals surface area (Å²) in [6.45, 7) is 2.95. The van der Waals surface area contributed by atoms with Gasteiger partial charge in [-0.15, -0.1) is 0 Å². The SMILES string of the molecule is C[C@H](NC(=O)[C@H](C)N[P+](=O)C(NC(c1ccccc1)c1ccccc1)C1C=CC=C1)C(=O)O. The van der Waals surface area contributed by atoms with E-state index < -0.39 is 37.7 Å². The second kappa shape index (κ2) is 11.7. The Bertz CT molecular complexity index is 975. The van der Waals surface area contributed by atoms with Gasteiger partial charge in [-0.2, -0.15) is 0 Å². The summed E-state index contributed by atoms with van der Waals surface area (Å²) in [7, 11) is -2.10. The van der Waals surface area contributed by atoms with E-state index in [0.29, 0.717) is 0 Å². The predicted molar refractivity (Wildman–Crippen MR) is 129 cm³/mol. The molecule has 2 aromatic rings. The quantitative estimate of drug-likeness (QED) is 0.376. The highest BCUT2D eigenvalue weighted by molar-refractivity contribution is 7.43. The van der Waals surface area contributed by atoms with Crippen LogP contribution < -0.4 is 15.7 Å². The van der Waals surface area contributed by atoms with Crippen molar-refractivity contribution in [2.24, 2.45) is 5.92 Å². The van der Waals surface area contributed by atoms with E-state index >= 15 is 0 Å². The first-order valence-corrected chi connectivity index (χ1v) is 12.2. The van der Waals surface area contributed by atoms with Gasteiger partial charge >= 0.3 is 13.9 Å². The molecule has 0 fully saturated rings. The van der Waals surface area contributed by atoms with Gasteiger partial charge in [0.1, 0.15) is 12.1 Å². The minimum absolute atomic E-state index is 0.135. The third kappa shape index (κ3) is 6.68. The Kier molecular flexibility index (Phi) is 8.66. The maximum atomic E-state index is 13.5. The molecule has 1 amide bonds. The highest BCUT2D eigenvalue weighted by Crippen LogP contribution is 2.35. The molecule has 0 bridgehead atoms. The van der Waals surface area contributed by atoms with Crippen LogP contribution in [0.15, 0.2) is 85.0 Å². The van der Waals surface area contributed by atoms with Crippen molar-refractivity contribution in [3.05, 3.63) is 96.1 Å². The number of carbonyl (C=O) groups excluding carboxylic acids is 1. The Morgan fingerprint density at radius 3 is 1.88 bits per heavy atom. The summed E-state index contributed by atoms with van der Waals surface area (Å²) in [6, 6.07) is 17.8. The number of carboxylic acids is 1. The Balaban J connectivity index is 1.82. The highest BCUT2D eigenvalue weighted by atomic mass is 31.1. The summed E-state index contributed by atoms with van der Waals surface area (Å²) < 4.78 is 13.5. The molecule has 1 aliphatic rings. The third-order valence-electron chi connectivity index (χ3n) is 5.44. The molecule has 8 heteroatoms. The average molecular weight is 466 g/mol. The molecule has 0 radical (unpaired) electrons. The molecule has 172 valence electrons. The number of aliphatic carboxylic acids is 1. The van der Waals surface area contributed by atoms with Crippen molar-refractivity contribution in [2.45, 2.75) is 37.8 Å². The van der Waals surface area contributed by atoms with E-state index in [-0.39, 0.29) is 12.0 Å². The van der Waals surface area contributed by atoms with Crippen molar-refractivity contribution >= 4 is 19.8 Å². The normalized spacial score (nSPS) is 16.4. The number of nitrogens with one attached hydrogen (secondary N) is 3. The lowest BCUT2D eigenvalue weighted by Gasteiger charge is -2.24. The van der Waals surface area contributed by atoms with E-state index in [9.17, 15) is 14.2 Å². The maximum Gasteiger partial charge on any atom is 0.452 e. The van der Waals surface area contributed by atoms with Crippen molar-refractivity contribution < 1.29 is 19.3 Å². The minimum atomic E-state index is -2.10.